The van der Waals surface area contributed by atoms with E-state index in [0.29, 0.717) is 18.0 Å². The van der Waals surface area contributed by atoms with E-state index in [1.54, 1.807) is 23.2 Å². The molecule has 0 saturated carbocycles. The SMILES string of the molecule is CN1CC2(CCN(Cc3ccccc3)CC2)Oc2ncccc2C1=O. The van der Waals surface area contributed by atoms with Crippen LogP contribution in [-0.4, -0.2) is 53.0 Å². The molecule has 25 heavy (non-hydrogen) atoms. The van der Waals surface area contributed by atoms with E-state index in [1.165, 1.54) is 5.56 Å². The standard InChI is InChI=1S/C20H23N3O2/c1-22-15-20(25-18-17(19(22)24)8-5-11-21-18)9-12-23(13-10-20)14-16-6-3-2-4-7-16/h2-8,11H,9-10,12-15H2,1H3. The van der Waals surface area contributed by atoms with E-state index in [0.717, 1.165) is 32.5 Å². The molecular formula is C20H23N3O2. The Labute approximate surface area is 148 Å². The van der Waals surface area contributed by atoms with Crippen molar-refractivity contribution in [1.82, 2.24) is 14.8 Å². The maximum Gasteiger partial charge on any atom is 0.259 e. The Bertz CT molecular complexity index is 755. The van der Waals surface area contributed by atoms with Crippen LogP contribution in [0.5, 0.6) is 5.88 Å². The predicted molar refractivity (Wildman–Crippen MR) is 95.5 cm³/mol. The van der Waals surface area contributed by atoms with E-state index < -0.39 is 0 Å². The first-order valence-electron chi connectivity index (χ1n) is 8.81. The second-order valence-corrected chi connectivity index (χ2v) is 7.06. The topological polar surface area (TPSA) is 45.7 Å². The molecule has 2 aliphatic heterocycles. The maximum absolute atomic E-state index is 12.6. The highest BCUT2D eigenvalue weighted by atomic mass is 16.5. The molecule has 2 aromatic rings. The number of likely N-dealkylation sites (N-methyl/N-ethyl adjacent to an activating group) is 1. The van der Waals surface area contributed by atoms with Gasteiger partial charge in [-0.3, -0.25) is 9.69 Å². The summed E-state index contributed by atoms with van der Waals surface area (Å²) in [5.41, 5.74) is 1.56. The van der Waals surface area contributed by atoms with Gasteiger partial charge in [-0.1, -0.05) is 30.3 Å². The summed E-state index contributed by atoms with van der Waals surface area (Å²) in [7, 11) is 1.85. The molecule has 0 N–H and O–H groups in total. The van der Waals surface area contributed by atoms with Crippen LogP contribution in [0.1, 0.15) is 28.8 Å². The fourth-order valence-electron chi connectivity index (χ4n) is 3.80. The molecule has 3 heterocycles. The minimum absolute atomic E-state index is 0.00769. The number of benzene rings is 1. The number of aromatic nitrogens is 1. The Kier molecular flexibility index (Phi) is 4.17. The average Bonchev–Trinajstić information content (AvgIpc) is 2.74. The number of carbonyl (C=O) groups is 1. The minimum atomic E-state index is -0.336. The van der Waals surface area contributed by atoms with Gasteiger partial charge in [0.25, 0.3) is 5.91 Å². The second-order valence-electron chi connectivity index (χ2n) is 7.06. The molecule has 1 saturated heterocycles. The lowest BCUT2D eigenvalue weighted by molar-refractivity contribution is -0.0159. The minimum Gasteiger partial charge on any atom is -0.468 e. The van der Waals surface area contributed by atoms with Gasteiger partial charge < -0.3 is 9.64 Å². The van der Waals surface area contributed by atoms with Crippen LogP contribution in [-0.2, 0) is 6.54 Å². The van der Waals surface area contributed by atoms with E-state index in [4.69, 9.17) is 4.74 Å². The molecule has 0 radical (unpaired) electrons. The van der Waals surface area contributed by atoms with Gasteiger partial charge in [-0.05, 0) is 17.7 Å². The zero-order valence-electron chi connectivity index (χ0n) is 14.5. The summed E-state index contributed by atoms with van der Waals surface area (Å²) in [6.07, 6.45) is 3.48. The van der Waals surface area contributed by atoms with Gasteiger partial charge in [0.05, 0.1) is 6.54 Å². The molecule has 1 amide bonds. The Balaban J connectivity index is 1.49. The Morgan fingerprint density at radius 1 is 1.12 bits per heavy atom. The van der Waals surface area contributed by atoms with Gasteiger partial charge >= 0.3 is 0 Å². The van der Waals surface area contributed by atoms with Crippen LogP contribution in [0.3, 0.4) is 0 Å². The van der Waals surface area contributed by atoms with Crippen molar-refractivity contribution in [3.05, 3.63) is 59.8 Å². The van der Waals surface area contributed by atoms with E-state index >= 15 is 0 Å². The normalized spacial score (nSPS) is 20.0. The number of pyridine rings is 1. The molecule has 1 aromatic heterocycles. The molecule has 130 valence electrons. The lowest BCUT2D eigenvalue weighted by atomic mass is 9.90. The molecule has 1 aromatic carbocycles. The molecule has 1 fully saturated rings. The summed E-state index contributed by atoms with van der Waals surface area (Å²) in [4.78, 5) is 21.1. The first-order valence-corrected chi connectivity index (χ1v) is 8.81. The van der Waals surface area contributed by atoms with Crippen LogP contribution in [0.15, 0.2) is 48.7 Å². The fourth-order valence-corrected chi connectivity index (χ4v) is 3.80. The van der Waals surface area contributed by atoms with Crippen molar-refractivity contribution < 1.29 is 9.53 Å². The van der Waals surface area contributed by atoms with Crippen molar-refractivity contribution in [3.63, 3.8) is 0 Å². The lowest BCUT2D eigenvalue weighted by Crippen LogP contribution is -2.53. The molecular weight excluding hydrogens is 314 g/mol. The summed E-state index contributed by atoms with van der Waals surface area (Å²) >= 11 is 0. The van der Waals surface area contributed by atoms with Crippen molar-refractivity contribution in [2.45, 2.75) is 25.0 Å². The Morgan fingerprint density at radius 2 is 1.88 bits per heavy atom. The fraction of sp³-hybridized carbons (Fsp3) is 0.400. The summed E-state index contributed by atoms with van der Waals surface area (Å²) < 4.78 is 6.32. The van der Waals surface area contributed by atoms with Crippen LogP contribution in [0.2, 0.25) is 0 Å². The summed E-state index contributed by atoms with van der Waals surface area (Å²) in [6.45, 7) is 3.49. The highest BCUT2D eigenvalue weighted by Gasteiger charge is 2.42. The molecule has 0 aliphatic carbocycles. The van der Waals surface area contributed by atoms with E-state index in [2.05, 4.69) is 34.1 Å². The van der Waals surface area contributed by atoms with Crippen LogP contribution >= 0.6 is 0 Å². The number of hydrogen-bond donors (Lipinski definition) is 0. The molecule has 0 unspecified atom stereocenters. The molecule has 4 rings (SSSR count). The van der Waals surface area contributed by atoms with E-state index in [-0.39, 0.29) is 11.5 Å². The van der Waals surface area contributed by atoms with Gasteiger partial charge in [0.15, 0.2) is 0 Å². The zero-order valence-corrected chi connectivity index (χ0v) is 14.5. The number of nitrogens with zero attached hydrogens (tertiary/aromatic N) is 3. The summed E-state index contributed by atoms with van der Waals surface area (Å²) in [5.74, 6) is 0.472. The van der Waals surface area contributed by atoms with Crippen LogP contribution in [0, 0.1) is 0 Å². The van der Waals surface area contributed by atoms with Crippen molar-refractivity contribution in [1.29, 1.82) is 0 Å². The largest absolute Gasteiger partial charge is 0.468 e. The van der Waals surface area contributed by atoms with Crippen molar-refractivity contribution in [3.8, 4) is 5.88 Å². The molecule has 5 heteroatoms. The van der Waals surface area contributed by atoms with Gasteiger partial charge in [0, 0.05) is 45.7 Å². The van der Waals surface area contributed by atoms with Gasteiger partial charge in [-0.15, -0.1) is 0 Å². The van der Waals surface area contributed by atoms with Gasteiger partial charge in [-0.25, -0.2) is 4.98 Å². The van der Waals surface area contributed by atoms with E-state index in [1.807, 2.05) is 13.1 Å². The smallest absolute Gasteiger partial charge is 0.259 e. The monoisotopic (exact) mass is 337 g/mol. The number of rotatable bonds is 2. The predicted octanol–water partition coefficient (Wildman–Crippen LogP) is 2.58. The molecule has 1 spiro atoms. The number of hydrogen-bond acceptors (Lipinski definition) is 4. The van der Waals surface area contributed by atoms with Crippen molar-refractivity contribution in [2.24, 2.45) is 0 Å². The molecule has 2 aliphatic rings. The first-order chi connectivity index (χ1) is 12.2. The van der Waals surface area contributed by atoms with Gasteiger partial charge in [-0.2, -0.15) is 0 Å². The summed E-state index contributed by atoms with van der Waals surface area (Å²) in [5, 5.41) is 0. The number of ether oxygens (including phenoxy) is 1. The second kappa shape index (κ2) is 6.48. The number of carbonyl (C=O) groups excluding carboxylic acids is 1. The van der Waals surface area contributed by atoms with Gasteiger partial charge in [0.2, 0.25) is 5.88 Å². The van der Waals surface area contributed by atoms with Crippen molar-refractivity contribution in [2.75, 3.05) is 26.7 Å². The van der Waals surface area contributed by atoms with Gasteiger partial charge in [0.1, 0.15) is 11.2 Å². The Morgan fingerprint density at radius 3 is 2.64 bits per heavy atom. The lowest BCUT2D eigenvalue weighted by Gasteiger charge is -2.42. The zero-order chi connectivity index (χ0) is 17.3. The molecule has 0 atom stereocenters. The van der Waals surface area contributed by atoms with Crippen LogP contribution in [0.25, 0.3) is 0 Å². The van der Waals surface area contributed by atoms with Crippen molar-refractivity contribution >= 4 is 5.91 Å². The number of likely N-dealkylation sites (tertiary alicyclic amines) is 1. The Hall–Kier alpha value is -2.40. The maximum atomic E-state index is 12.6. The number of amides is 1. The third kappa shape index (κ3) is 3.24. The highest BCUT2D eigenvalue weighted by molar-refractivity contribution is 5.96. The van der Waals surface area contributed by atoms with Crippen LogP contribution < -0.4 is 4.74 Å². The van der Waals surface area contributed by atoms with Crippen LogP contribution in [0.4, 0.5) is 0 Å². The number of piperidine rings is 1. The number of fused-ring (bicyclic) bond motifs is 1. The highest BCUT2D eigenvalue weighted by Crippen LogP contribution is 2.34. The average molecular weight is 337 g/mol. The molecule has 0 bridgehead atoms. The van der Waals surface area contributed by atoms with E-state index in [9.17, 15) is 4.79 Å². The summed E-state index contributed by atoms with van der Waals surface area (Å²) in [6, 6.07) is 14.1. The first kappa shape index (κ1) is 16.1. The molecule has 5 nitrogen and oxygen atoms in total. The third-order valence-corrected chi connectivity index (χ3v) is 5.20. The quantitative estimate of drug-likeness (QED) is 0.845. The third-order valence-electron chi connectivity index (χ3n) is 5.20.